The Bertz CT molecular complexity index is 691. The van der Waals surface area contributed by atoms with E-state index in [4.69, 9.17) is 0 Å². The molecule has 0 aromatic carbocycles. The molecule has 4 aliphatic carbocycles. The lowest BCUT2D eigenvalue weighted by atomic mass is 9.44. The molecule has 0 radical (unpaired) electrons. The molecule has 6 nitrogen and oxygen atoms in total. The summed E-state index contributed by atoms with van der Waals surface area (Å²) in [5.41, 5.74) is -1.89. The molecule has 0 heterocycles. The summed E-state index contributed by atoms with van der Waals surface area (Å²) in [5, 5.41) is 57.4. The molecule has 0 aromatic rings. The second kappa shape index (κ2) is 9.01. The van der Waals surface area contributed by atoms with Gasteiger partial charge < -0.3 is 30.6 Å². The molecule has 192 valence electrons. The Morgan fingerprint density at radius 3 is 2.18 bits per heavy atom. The first-order chi connectivity index (χ1) is 15.3. The fraction of sp³-hybridized carbons (Fsp3) is 1.00. The van der Waals surface area contributed by atoms with Crippen LogP contribution in [0.25, 0.3) is 0 Å². The van der Waals surface area contributed by atoms with Crippen LogP contribution in [0.2, 0.25) is 0 Å². The van der Waals surface area contributed by atoms with E-state index in [0.717, 1.165) is 30.1 Å². The minimum absolute atomic E-state index is 0.296. The number of hydrogen-bond donors (Lipinski definition) is 6. The van der Waals surface area contributed by atoms with E-state index in [1.54, 1.807) is 0 Å². The van der Waals surface area contributed by atoms with E-state index in [-0.39, 0.29) is 6.42 Å². The maximum atomic E-state index is 10.2. The predicted molar refractivity (Wildman–Crippen MR) is 125 cm³/mol. The second-order valence-electron chi connectivity index (χ2n) is 12.9. The molecule has 33 heavy (non-hydrogen) atoms. The number of fused-ring (bicyclic) bond motifs is 5. The van der Waals surface area contributed by atoms with Gasteiger partial charge in [-0.15, -0.1) is 0 Å². The van der Waals surface area contributed by atoms with Crippen molar-refractivity contribution in [1.29, 1.82) is 0 Å². The van der Waals surface area contributed by atoms with Gasteiger partial charge in [-0.2, -0.15) is 0 Å². The highest BCUT2D eigenvalue weighted by Crippen LogP contribution is 2.68. The molecule has 0 bridgehead atoms. The number of rotatable bonds is 7. The molecular weight excluding hydrogens is 420 g/mol. The third-order valence-electron chi connectivity index (χ3n) is 11.6. The number of aliphatic hydroxyl groups excluding tert-OH is 1. The summed E-state index contributed by atoms with van der Waals surface area (Å²) >= 11 is 0. The van der Waals surface area contributed by atoms with Crippen molar-refractivity contribution < 1.29 is 30.6 Å². The van der Waals surface area contributed by atoms with Gasteiger partial charge in [0.25, 0.3) is 0 Å². The zero-order valence-corrected chi connectivity index (χ0v) is 20.9. The van der Waals surface area contributed by atoms with Crippen LogP contribution >= 0.6 is 0 Å². The minimum atomic E-state index is -3.55. The van der Waals surface area contributed by atoms with Gasteiger partial charge in [0, 0.05) is 0 Å². The number of hydrogen-bond acceptors (Lipinski definition) is 6. The second-order valence-corrected chi connectivity index (χ2v) is 12.9. The van der Waals surface area contributed by atoms with Crippen molar-refractivity contribution in [2.24, 2.45) is 46.3 Å². The van der Waals surface area contributed by atoms with Crippen LogP contribution < -0.4 is 0 Å². The Kier molecular flexibility index (Phi) is 7.05. The van der Waals surface area contributed by atoms with Gasteiger partial charge in [0.2, 0.25) is 0 Å². The summed E-state index contributed by atoms with van der Waals surface area (Å²) in [6.45, 7) is 7.39. The zero-order chi connectivity index (χ0) is 24.2. The summed E-state index contributed by atoms with van der Waals surface area (Å²) in [5.74, 6) is 0.898. The molecule has 0 saturated heterocycles. The van der Waals surface area contributed by atoms with Gasteiger partial charge in [0.1, 0.15) is 0 Å². The van der Waals surface area contributed by atoms with Gasteiger partial charge in [-0.1, -0.05) is 40.0 Å². The van der Waals surface area contributed by atoms with Crippen molar-refractivity contribution in [2.75, 3.05) is 0 Å². The molecule has 6 heteroatoms. The minimum Gasteiger partial charge on any atom is -0.377 e. The molecular formula is C27H48O6. The van der Waals surface area contributed by atoms with E-state index in [1.165, 1.54) is 64.2 Å². The van der Waals surface area contributed by atoms with Gasteiger partial charge in [-0.25, -0.2) is 0 Å². The molecule has 4 rings (SSSR count). The first-order valence-corrected chi connectivity index (χ1v) is 13.6. The van der Waals surface area contributed by atoms with Gasteiger partial charge in [0.05, 0.1) is 0 Å². The lowest BCUT2D eigenvalue weighted by Gasteiger charge is -2.61. The highest BCUT2D eigenvalue weighted by molar-refractivity contribution is 5.09. The Hall–Kier alpha value is -0.240. The fourth-order valence-corrected chi connectivity index (χ4v) is 9.64. The van der Waals surface area contributed by atoms with Crippen LogP contribution in [-0.2, 0) is 0 Å². The lowest BCUT2D eigenvalue weighted by Crippen LogP contribution is -2.61. The fourth-order valence-electron chi connectivity index (χ4n) is 9.64. The Morgan fingerprint density at radius 1 is 0.818 bits per heavy atom. The molecule has 4 aliphatic rings. The van der Waals surface area contributed by atoms with Crippen molar-refractivity contribution in [3.05, 3.63) is 0 Å². The SMILES string of the molecule is C[C@H](CCCC(O)(C(O)O)C(O)(O)O)[C@H]1CC[C@H]2[C@@H]3CCC4CCCC[C@]4(C)[C@H]3CC[C@]12C. The van der Waals surface area contributed by atoms with Crippen LogP contribution in [0.15, 0.2) is 0 Å². The average Bonchev–Trinajstić information content (AvgIpc) is 3.09. The Labute approximate surface area is 199 Å². The van der Waals surface area contributed by atoms with Gasteiger partial charge in [-0.3, -0.25) is 0 Å². The third kappa shape index (κ3) is 4.21. The van der Waals surface area contributed by atoms with Crippen LogP contribution in [0.1, 0.15) is 104 Å². The van der Waals surface area contributed by atoms with Crippen molar-refractivity contribution in [3.8, 4) is 0 Å². The summed E-state index contributed by atoms with van der Waals surface area (Å²) in [6, 6.07) is 0. The van der Waals surface area contributed by atoms with Gasteiger partial charge in [-0.05, 0) is 111 Å². The van der Waals surface area contributed by atoms with Crippen molar-refractivity contribution >= 4 is 0 Å². The smallest absolute Gasteiger partial charge is 0.311 e. The topological polar surface area (TPSA) is 121 Å². The highest BCUT2D eigenvalue weighted by atomic mass is 16.7. The predicted octanol–water partition coefficient (Wildman–Crippen LogP) is 3.51. The monoisotopic (exact) mass is 468 g/mol. The van der Waals surface area contributed by atoms with Crippen LogP contribution in [-0.4, -0.2) is 48.5 Å². The Morgan fingerprint density at radius 2 is 1.52 bits per heavy atom. The molecule has 6 N–H and O–H groups in total. The van der Waals surface area contributed by atoms with Crippen molar-refractivity contribution in [3.63, 3.8) is 0 Å². The van der Waals surface area contributed by atoms with E-state index < -0.39 is 17.9 Å². The quantitative estimate of drug-likeness (QED) is 0.318. The standard InChI is InChI=1S/C27H48O6/c1-17(7-6-15-26(30,23(28)29)27(31,32)33)20-11-12-21-19-10-9-18-8-4-5-14-24(18,2)22(19)13-16-25(20,21)3/h17-23,28-33H,4-16H2,1-3H3/t17-,18?,19+,20-,21+,22+,24+,25-,26?/m1/s1. The Balaban J connectivity index is 1.41. The van der Waals surface area contributed by atoms with Crippen LogP contribution in [0, 0.1) is 46.3 Å². The molecule has 0 aliphatic heterocycles. The normalized spacial score (nSPS) is 44.0. The van der Waals surface area contributed by atoms with Gasteiger partial charge in [0.15, 0.2) is 11.9 Å². The molecule has 2 unspecified atom stereocenters. The summed E-state index contributed by atoms with van der Waals surface area (Å²) in [4.78, 5) is 0. The molecule has 0 spiro atoms. The van der Waals surface area contributed by atoms with E-state index in [0.29, 0.717) is 29.1 Å². The van der Waals surface area contributed by atoms with Crippen LogP contribution in [0.3, 0.4) is 0 Å². The molecule has 0 aromatic heterocycles. The average molecular weight is 469 g/mol. The number of aliphatic hydroxyl groups is 6. The maximum Gasteiger partial charge on any atom is 0.311 e. The lowest BCUT2D eigenvalue weighted by molar-refractivity contribution is -0.425. The van der Waals surface area contributed by atoms with Crippen LogP contribution in [0.5, 0.6) is 0 Å². The van der Waals surface area contributed by atoms with Gasteiger partial charge >= 0.3 is 5.97 Å². The first kappa shape index (κ1) is 25.8. The maximum absolute atomic E-state index is 10.2. The van der Waals surface area contributed by atoms with Crippen molar-refractivity contribution in [1.82, 2.24) is 0 Å². The molecule has 4 fully saturated rings. The van der Waals surface area contributed by atoms with E-state index in [2.05, 4.69) is 20.8 Å². The third-order valence-corrected chi connectivity index (χ3v) is 11.6. The summed E-state index contributed by atoms with van der Waals surface area (Å²) < 4.78 is 0. The van der Waals surface area contributed by atoms with Crippen molar-refractivity contribution in [2.45, 2.75) is 122 Å². The molecule has 0 amide bonds. The zero-order valence-electron chi connectivity index (χ0n) is 20.9. The van der Waals surface area contributed by atoms with E-state index in [9.17, 15) is 30.6 Å². The summed E-state index contributed by atoms with van der Waals surface area (Å²) in [7, 11) is 0. The highest BCUT2D eigenvalue weighted by Gasteiger charge is 2.60. The van der Waals surface area contributed by atoms with E-state index in [1.807, 2.05) is 0 Å². The molecule has 4 saturated carbocycles. The largest absolute Gasteiger partial charge is 0.377 e. The molecule has 9 atom stereocenters. The van der Waals surface area contributed by atoms with Crippen LogP contribution in [0.4, 0.5) is 0 Å². The van der Waals surface area contributed by atoms with E-state index >= 15 is 0 Å². The summed E-state index contributed by atoms with van der Waals surface area (Å²) in [6.07, 6.45) is 12.1. The first-order valence-electron chi connectivity index (χ1n) is 13.6.